The minimum absolute atomic E-state index is 0.0978. The van der Waals surface area contributed by atoms with Crippen molar-refractivity contribution in [2.75, 3.05) is 18.4 Å². The maximum atomic E-state index is 12.2. The van der Waals surface area contributed by atoms with Gasteiger partial charge in [-0.2, -0.15) is 5.26 Å². The number of thiophene rings is 1. The minimum atomic E-state index is -0.0978. The second-order valence-corrected chi connectivity index (χ2v) is 6.85. The smallest absolute Gasteiger partial charge is 0.239 e. The van der Waals surface area contributed by atoms with Gasteiger partial charge in [-0.25, -0.2) is 0 Å². The molecule has 4 rings (SSSR count). The molecular weight excluding hydrogens is 312 g/mol. The Kier molecular flexibility index (Phi) is 3.59. The third-order valence-corrected chi connectivity index (χ3v) is 5.04. The molecule has 2 aromatic heterocycles. The van der Waals surface area contributed by atoms with Gasteiger partial charge in [0.25, 0.3) is 0 Å². The van der Waals surface area contributed by atoms with Crippen molar-refractivity contribution in [3.05, 3.63) is 28.7 Å². The summed E-state index contributed by atoms with van der Waals surface area (Å²) in [7, 11) is 0. The fraction of sp³-hybridized carbons (Fsp3) is 0.467. The van der Waals surface area contributed by atoms with E-state index >= 15 is 0 Å². The summed E-state index contributed by atoms with van der Waals surface area (Å²) < 4.78 is 2.21. The van der Waals surface area contributed by atoms with E-state index in [1.807, 2.05) is 0 Å². The summed E-state index contributed by atoms with van der Waals surface area (Å²) in [6.07, 6.45) is 2.43. The molecule has 8 heteroatoms. The van der Waals surface area contributed by atoms with Crippen LogP contribution in [-0.2, 0) is 17.9 Å². The van der Waals surface area contributed by atoms with Crippen molar-refractivity contribution in [2.24, 2.45) is 0 Å². The van der Waals surface area contributed by atoms with Gasteiger partial charge >= 0.3 is 0 Å². The first-order chi connectivity index (χ1) is 11.2. The van der Waals surface area contributed by atoms with Crippen molar-refractivity contribution >= 4 is 22.2 Å². The van der Waals surface area contributed by atoms with Gasteiger partial charge in [0.2, 0.25) is 5.91 Å². The molecule has 0 atom stereocenters. The number of aromatic nitrogens is 3. The first kappa shape index (κ1) is 14.4. The largest absolute Gasteiger partial charge is 0.315 e. The van der Waals surface area contributed by atoms with E-state index in [2.05, 4.69) is 31.1 Å². The van der Waals surface area contributed by atoms with Gasteiger partial charge in [-0.05, 0) is 24.3 Å². The van der Waals surface area contributed by atoms with Crippen molar-refractivity contribution in [2.45, 2.75) is 31.8 Å². The Balaban J connectivity index is 1.38. The van der Waals surface area contributed by atoms with E-state index in [4.69, 9.17) is 5.26 Å². The summed E-state index contributed by atoms with van der Waals surface area (Å²) in [6, 6.07) is 3.79. The zero-order chi connectivity index (χ0) is 15.8. The molecule has 23 heavy (non-hydrogen) atoms. The lowest BCUT2D eigenvalue weighted by atomic mass is 10.3. The van der Waals surface area contributed by atoms with Crippen LogP contribution in [0.4, 0.5) is 5.00 Å². The van der Waals surface area contributed by atoms with Crippen LogP contribution in [0.5, 0.6) is 0 Å². The van der Waals surface area contributed by atoms with Crippen LogP contribution in [0.1, 0.15) is 36.0 Å². The molecule has 1 aliphatic heterocycles. The van der Waals surface area contributed by atoms with Gasteiger partial charge in [0.1, 0.15) is 22.7 Å². The summed E-state index contributed by atoms with van der Waals surface area (Å²) in [4.78, 5) is 14.2. The number of carbonyl (C=O) groups is 1. The minimum Gasteiger partial charge on any atom is -0.315 e. The maximum Gasteiger partial charge on any atom is 0.239 e. The van der Waals surface area contributed by atoms with Gasteiger partial charge in [0, 0.05) is 19.0 Å². The van der Waals surface area contributed by atoms with Crippen LogP contribution in [0.2, 0.25) is 0 Å². The van der Waals surface area contributed by atoms with Crippen LogP contribution in [0.25, 0.3) is 0 Å². The number of hydrogen-bond acceptors (Lipinski definition) is 6. The van der Waals surface area contributed by atoms with E-state index in [0.717, 1.165) is 24.7 Å². The lowest BCUT2D eigenvalue weighted by molar-refractivity contribution is -0.117. The fourth-order valence-electron chi connectivity index (χ4n) is 2.87. The topological polar surface area (TPSA) is 86.8 Å². The third kappa shape index (κ3) is 2.85. The Hall–Kier alpha value is -2.24. The van der Waals surface area contributed by atoms with Crippen molar-refractivity contribution in [3.8, 4) is 6.07 Å². The van der Waals surface area contributed by atoms with E-state index in [0.29, 0.717) is 29.6 Å². The molecule has 0 aromatic carbocycles. The molecule has 1 aliphatic carbocycles. The predicted octanol–water partition coefficient (Wildman–Crippen LogP) is 1.54. The zero-order valence-electron chi connectivity index (χ0n) is 12.5. The zero-order valence-corrected chi connectivity index (χ0v) is 13.3. The second kappa shape index (κ2) is 5.76. The Morgan fingerprint density at radius 1 is 1.43 bits per heavy atom. The highest BCUT2D eigenvalue weighted by atomic mass is 32.1. The number of rotatable bonds is 4. The highest BCUT2D eigenvalue weighted by Crippen LogP contribution is 2.39. The van der Waals surface area contributed by atoms with Gasteiger partial charge in [0.15, 0.2) is 0 Å². The summed E-state index contributed by atoms with van der Waals surface area (Å²) in [5.41, 5.74) is 0.510. The van der Waals surface area contributed by atoms with Crippen molar-refractivity contribution < 1.29 is 4.79 Å². The van der Waals surface area contributed by atoms with E-state index in [9.17, 15) is 4.79 Å². The normalized spacial score (nSPS) is 17.5. The number of hydrogen-bond donors (Lipinski definition) is 1. The van der Waals surface area contributed by atoms with Crippen molar-refractivity contribution in [1.29, 1.82) is 5.26 Å². The molecule has 0 unspecified atom stereocenters. The number of nitrogens with zero attached hydrogens (tertiary/aromatic N) is 5. The Morgan fingerprint density at radius 3 is 3.09 bits per heavy atom. The number of anilines is 1. The lowest BCUT2D eigenvalue weighted by Crippen LogP contribution is -2.39. The van der Waals surface area contributed by atoms with Gasteiger partial charge in [0.05, 0.1) is 18.7 Å². The number of amides is 1. The molecule has 1 fully saturated rings. The number of fused-ring (bicyclic) bond motifs is 1. The van der Waals surface area contributed by atoms with Crippen LogP contribution in [0.3, 0.4) is 0 Å². The fourth-order valence-corrected chi connectivity index (χ4v) is 3.63. The van der Waals surface area contributed by atoms with Gasteiger partial charge in [-0.3, -0.25) is 9.69 Å². The molecule has 7 nitrogen and oxygen atoms in total. The lowest BCUT2D eigenvalue weighted by Gasteiger charge is -2.27. The molecular formula is C15H16N6OS. The molecule has 0 spiro atoms. The first-order valence-corrected chi connectivity index (χ1v) is 8.54. The van der Waals surface area contributed by atoms with Crippen LogP contribution in [-0.4, -0.2) is 38.7 Å². The van der Waals surface area contributed by atoms with Crippen molar-refractivity contribution in [3.63, 3.8) is 0 Å². The average Bonchev–Trinajstić information content (AvgIpc) is 3.15. The molecule has 3 heterocycles. The summed E-state index contributed by atoms with van der Waals surface area (Å²) in [5, 5.41) is 22.8. The predicted molar refractivity (Wildman–Crippen MR) is 84.9 cm³/mol. The Morgan fingerprint density at radius 2 is 2.30 bits per heavy atom. The van der Waals surface area contributed by atoms with E-state index < -0.39 is 0 Å². The maximum absolute atomic E-state index is 12.2. The Bertz CT molecular complexity index is 784. The Labute approximate surface area is 137 Å². The molecule has 2 aromatic rings. The van der Waals surface area contributed by atoms with Crippen LogP contribution < -0.4 is 5.32 Å². The second-order valence-electron chi connectivity index (χ2n) is 5.93. The molecule has 118 valence electrons. The summed E-state index contributed by atoms with van der Waals surface area (Å²) in [6.45, 7) is 2.59. The van der Waals surface area contributed by atoms with Gasteiger partial charge < -0.3 is 9.88 Å². The molecule has 0 bridgehead atoms. The molecule has 1 saturated carbocycles. The van der Waals surface area contributed by atoms with Crippen LogP contribution in [0.15, 0.2) is 11.4 Å². The molecule has 0 radical (unpaired) electrons. The van der Waals surface area contributed by atoms with Crippen LogP contribution >= 0.6 is 11.3 Å². The highest BCUT2D eigenvalue weighted by molar-refractivity contribution is 7.14. The number of nitrogens with one attached hydrogen (secondary N) is 1. The summed E-state index contributed by atoms with van der Waals surface area (Å²) >= 11 is 1.37. The van der Waals surface area contributed by atoms with Crippen molar-refractivity contribution in [1.82, 2.24) is 19.7 Å². The third-order valence-electron chi connectivity index (χ3n) is 4.21. The number of carbonyl (C=O) groups excluding carboxylic acids is 1. The standard InChI is InChI=1S/C15H16N6OS/c16-7-11-3-6-23-15(11)17-13(22)9-20-4-5-21-12(8-20)18-19-14(21)10-1-2-10/h3,6,10H,1-2,4-5,8-9H2,(H,17,22). The molecule has 1 amide bonds. The summed E-state index contributed by atoms with van der Waals surface area (Å²) in [5.74, 6) is 2.55. The van der Waals surface area contributed by atoms with E-state index in [1.165, 1.54) is 24.2 Å². The van der Waals surface area contributed by atoms with E-state index in [-0.39, 0.29) is 5.91 Å². The number of nitriles is 1. The monoisotopic (exact) mass is 328 g/mol. The molecule has 0 saturated heterocycles. The van der Waals surface area contributed by atoms with Crippen LogP contribution in [0, 0.1) is 11.3 Å². The molecule has 2 aliphatic rings. The SMILES string of the molecule is N#Cc1ccsc1NC(=O)CN1CCn2c(nnc2C2CC2)C1. The quantitative estimate of drug-likeness (QED) is 0.920. The average molecular weight is 328 g/mol. The first-order valence-electron chi connectivity index (χ1n) is 7.66. The highest BCUT2D eigenvalue weighted by Gasteiger charge is 2.32. The van der Waals surface area contributed by atoms with E-state index in [1.54, 1.807) is 11.4 Å². The molecule has 1 N–H and O–H groups in total. The van der Waals surface area contributed by atoms with Gasteiger partial charge in [-0.1, -0.05) is 0 Å². The van der Waals surface area contributed by atoms with Gasteiger partial charge in [-0.15, -0.1) is 21.5 Å².